The maximum absolute atomic E-state index is 13.2. The molecule has 1 aliphatic rings. The second kappa shape index (κ2) is 6.69. The lowest BCUT2D eigenvalue weighted by Crippen LogP contribution is -2.20. The van der Waals surface area contributed by atoms with E-state index in [-0.39, 0.29) is 11.9 Å². The molecule has 4 aromatic rings. The smallest absolute Gasteiger partial charge is 0.278 e. The SMILES string of the molecule is Cc1ccccc1-c1noc(-c2ncn3c2CO[C@H](c2ccc(F)cc2)C3)n1. The van der Waals surface area contributed by atoms with Gasteiger partial charge >= 0.3 is 0 Å². The number of rotatable bonds is 3. The topological polar surface area (TPSA) is 66.0 Å². The van der Waals surface area contributed by atoms with Crippen LogP contribution in [0.25, 0.3) is 23.0 Å². The van der Waals surface area contributed by atoms with E-state index in [1.807, 2.05) is 35.8 Å². The zero-order valence-corrected chi connectivity index (χ0v) is 15.2. The number of hydrogen-bond donors (Lipinski definition) is 0. The van der Waals surface area contributed by atoms with E-state index in [0.29, 0.717) is 30.6 Å². The Morgan fingerprint density at radius 2 is 1.93 bits per heavy atom. The molecule has 0 fully saturated rings. The molecule has 2 aromatic carbocycles. The van der Waals surface area contributed by atoms with Crippen molar-refractivity contribution in [2.75, 3.05) is 0 Å². The predicted octanol–water partition coefficient (Wildman–Crippen LogP) is 4.32. The number of aromatic nitrogens is 4. The summed E-state index contributed by atoms with van der Waals surface area (Å²) in [4.78, 5) is 8.99. The summed E-state index contributed by atoms with van der Waals surface area (Å²) in [6.45, 7) is 2.96. The molecular weight excluding hydrogens is 359 g/mol. The Morgan fingerprint density at radius 3 is 2.75 bits per heavy atom. The van der Waals surface area contributed by atoms with Crippen molar-refractivity contribution in [2.24, 2.45) is 0 Å². The number of aryl methyl sites for hydroxylation is 1. The quantitative estimate of drug-likeness (QED) is 0.533. The highest BCUT2D eigenvalue weighted by Gasteiger charge is 2.26. The minimum absolute atomic E-state index is 0.152. The van der Waals surface area contributed by atoms with E-state index in [1.165, 1.54) is 12.1 Å². The fourth-order valence-corrected chi connectivity index (χ4v) is 3.44. The van der Waals surface area contributed by atoms with Gasteiger partial charge in [-0.3, -0.25) is 0 Å². The van der Waals surface area contributed by atoms with Crippen LogP contribution in [0.2, 0.25) is 0 Å². The van der Waals surface area contributed by atoms with E-state index >= 15 is 0 Å². The summed E-state index contributed by atoms with van der Waals surface area (Å²) in [6.07, 6.45) is 1.60. The highest BCUT2D eigenvalue weighted by Crippen LogP contribution is 2.32. The predicted molar refractivity (Wildman–Crippen MR) is 99.6 cm³/mol. The van der Waals surface area contributed by atoms with Crippen LogP contribution in [-0.4, -0.2) is 19.7 Å². The monoisotopic (exact) mass is 376 g/mol. The summed E-state index contributed by atoms with van der Waals surface area (Å²) in [5, 5.41) is 4.11. The molecule has 1 aliphatic heterocycles. The van der Waals surface area contributed by atoms with Crippen LogP contribution in [-0.2, 0) is 17.9 Å². The minimum atomic E-state index is -0.258. The van der Waals surface area contributed by atoms with Gasteiger partial charge in [-0.05, 0) is 30.2 Å². The molecule has 0 amide bonds. The van der Waals surface area contributed by atoms with E-state index < -0.39 is 0 Å². The Balaban J connectivity index is 1.43. The molecule has 6 nitrogen and oxygen atoms in total. The summed E-state index contributed by atoms with van der Waals surface area (Å²) in [7, 11) is 0. The number of ether oxygens (including phenoxy) is 1. The van der Waals surface area contributed by atoms with Gasteiger partial charge in [0, 0.05) is 5.56 Å². The van der Waals surface area contributed by atoms with E-state index in [4.69, 9.17) is 9.26 Å². The van der Waals surface area contributed by atoms with Crippen molar-refractivity contribution in [1.82, 2.24) is 19.7 Å². The third-order valence-electron chi connectivity index (χ3n) is 4.99. The molecule has 0 saturated carbocycles. The first-order valence-electron chi connectivity index (χ1n) is 9.00. The molecule has 0 bridgehead atoms. The van der Waals surface area contributed by atoms with E-state index in [9.17, 15) is 4.39 Å². The molecule has 140 valence electrons. The van der Waals surface area contributed by atoms with Gasteiger partial charge in [0.2, 0.25) is 5.82 Å². The van der Waals surface area contributed by atoms with Gasteiger partial charge < -0.3 is 13.8 Å². The standard InChI is InChI=1S/C21H17FN4O2/c1-13-4-2-3-5-16(13)20-24-21(28-25-20)19-17-11-27-18(10-26(17)12-23-19)14-6-8-15(22)9-7-14/h2-9,12,18H,10-11H2,1H3/t18-/m0/s1. The van der Waals surface area contributed by atoms with Crippen molar-refractivity contribution in [3.63, 3.8) is 0 Å². The van der Waals surface area contributed by atoms with Gasteiger partial charge in [-0.25, -0.2) is 9.37 Å². The molecule has 3 heterocycles. The summed E-state index contributed by atoms with van der Waals surface area (Å²) >= 11 is 0. The average molecular weight is 376 g/mol. The van der Waals surface area contributed by atoms with E-state index in [0.717, 1.165) is 22.4 Å². The van der Waals surface area contributed by atoms with Gasteiger partial charge in [0.25, 0.3) is 5.89 Å². The Morgan fingerprint density at radius 1 is 1.11 bits per heavy atom. The van der Waals surface area contributed by atoms with Gasteiger partial charge in [-0.15, -0.1) is 0 Å². The van der Waals surface area contributed by atoms with Crippen molar-refractivity contribution in [2.45, 2.75) is 26.2 Å². The van der Waals surface area contributed by atoms with Gasteiger partial charge in [0.1, 0.15) is 11.9 Å². The van der Waals surface area contributed by atoms with Gasteiger partial charge in [0.15, 0.2) is 5.69 Å². The molecule has 5 rings (SSSR count). The maximum Gasteiger partial charge on any atom is 0.278 e. The third-order valence-corrected chi connectivity index (χ3v) is 4.99. The van der Waals surface area contributed by atoms with Crippen LogP contribution in [0.4, 0.5) is 4.39 Å². The molecule has 1 atom stereocenters. The summed E-state index contributed by atoms with van der Waals surface area (Å²) in [6, 6.07) is 14.3. The van der Waals surface area contributed by atoms with Crippen molar-refractivity contribution in [3.05, 3.63) is 77.5 Å². The molecule has 2 aromatic heterocycles. The van der Waals surface area contributed by atoms with E-state index in [1.54, 1.807) is 18.5 Å². The average Bonchev–Trinajstić information content (AvgIpc) is 3.35. The molecule has 0 radical (unpaired) electrons. The van der Waals surface area contributed by atoms with Crippen LogP contribution in [0.3, 0.4) is 0 Å². The van der Waals surface area contributed by atoms with Crippen LogP contribution < -0.4 is 0 Å². The lowest BCUT2D eigenvalue weighted by Gasteiger charge is -2.25. The first kappa shape index (κ1) is 16.8. The van der Waals surface area contributed by atoms with Crippen molar-refractivity contribution < 1.29 is 13.7 Å². The van der Waals surface area contributed by atoms with Crippen molar-refractivity contribution in [1.29, 1.82) is 0 Å². The number of halogens is 1. The molecular formula is C21H17FN4O2. The van der Waals surface area contributed by atoms with Gasteiger partial charge in [-0.2, -0.15) is 4.98 Å². The Labute approximate surface area is 160 Å². The van der Waals surface area contributed by atoms with Gasteiger partial charge in [-0.1, -0.05) is 41.6 Å². The number of benzene rings is 2. The minimum Gasteiger partial charge on any atom is -0.365 e. The lowest BCUT2D eigenvalue weighted by molar-refractivity contribution is 0.00326. The van der Waals surface area contributed by atoms with Crippen molar-refractivity contribution >= 4 is 0 Å². The van der Waals surface area contributed by atoms with Crippen LogP contribution in [0.5, 0.6) is 0 Å². The van der Waals surface area contributed by atoms with Crippen LogP contribution in [0.1, 0.15) is 22.9 Å². The number of fused-ring (bicyclic) bond motifs is 1. The number of hydrogen-bond acceptors (Lipinski definition) is 5. The maximum atomic E-state index is 13.2. The molecule has 7 heteroatoms. The second-order valence-corrected chi connectivity index (χ2v) is 6.78. The Kier molecular flexibility index (Phi) is 4.02. The fourth-order valence-electron chi connectivity index (χ4n) is 3.44. The summed E-state index contributed by atoms with van der Waals surface area (Å²) < 4.78 is 26.6. The highest BCUT2D eigenvalue weighted by molar-refractivity contribution is 5.62. The fraction of sp³-hybridized carbons (Fsp3) is 0.190. The summed E-state index contributed by atoms with van der Waals surface area (Å²) in [5.74, 6) is 0.651. The third kappa shape index (κ3) is 2.90. The lowest BCUT2D eigenvalue weighted by atomic mass is 10.1. The first-order valence-corrected chi connectivity index (χ1v) is 9.00. The van der Waals surface area contributed by atoms with Crippen LogP contribution >= 0.6 is 0 Å². The Bertz CT molecular complexity index is 1130. The second-order valence-electron chi connectivity index (χ2n) is 6.78. The summed E-state index contributed by atoms with van der Waals surface area (Å²) in [5.41, 5.74) is 4.45. The molecule has 0 N–H and O–H groups in total. The normalized spacial score (nSPS) is 16.1. The largest absolute Gasteiger partial charge is 0.365 e. The van der Waals surface area contributed by atoms with E-state index in [2.05, 4.69) is 15.1 Å². The van der Waals surface area contributed by atoms with Crippen LogP contribution in [0, 0.1) is 12.7 Å². The molecule has 28 heavy (non-hydrogen) atoms. The van der Waals surface area contributed by atoms with Crippen molar-refractivity contribution in [3.8, 4) is 23.0 Å². The highest BCUT2D eigenvalue weighted by atomic mass is 19.1. The molecule has 0 aliphatic carbocycles. The zero-order chi connectivity index (χ0) is 19.1. The Hall–Kier alpha value is -3.32. The van der Waals surface area contributed by atoms with Crippen LogP contribution in [0.15, 0.2) is 59.4 Å². The van der Waals surface area contributed by atoms with Gasteiger partial charge in [0.05, 0.1) is 25.2 Å². The zero-order valence-electron chi connectivity index (χ0n) is 15.2. The number of imidazole rings is 1. The number of nitrogens with zero attached hydrogens (tertiary/aromatic N) is 4. The molecule has 0 saturated heterocycles. The molecule has 0 spiro atoms. The first-order chi connectivity index (χ1) is 13.7. The molecule has 0 unspecified atom stereocenters.